The van der Waals surface area contributed by atoms with Crippen molar-refractivity contribution in [1.29, 1.82) is 0 Å². The quantitative estimate of drug-likeness (QED) is 0.803. The zero-order chi connectivity index (χ0) is 12.8. The zero-order valence-corrected chi connectivity index (χ0v) is 12.2. The molecule has 17 heavy (non-hydrogen) atoms. The molecule has 3 nitrogen and oxygen atoms in total. The van der Waals surface area contributed by atoms with E-state index in [4.69, 9.17) is 11.6 Å². The maximum atomic E-state index is 9.79. The van der Waals surface area contributed by atoms with Crippen LogP contribution in [-0.2, 0) is 0 Å². The summed E-state index contributed by atoms with van der Waals surface area (Å²) in [7, 11) is 3.92. The third-order valence-corrected chi connectivity index (χ3v) is 3.87. The molecule has 0 fully saturated rings. The van der Waals surface area contributed by atoms with Gasteiger partial charge in [0.2, 0.25) is 0 Å². The minimum Gasteiger partial charge on any atom is -0.390 e. The molecule has 0 amide bonds. The SMILES string of the molecule is CCC(NCC(O)CN(C)C)c1ccc(Cl)s1. The van der Waals surface area contributed by atoms with Gasteiger partial charge in [0.1, 0.15) is 0 Å². The van der Waals surface area contributed by atoms with Gasteiger partial charge in [-0.15, -0.1) is 11.3 Å². The molecule has 0 aliphatic carbocycles. The molecule has 1 aromatic rings. The maximum absolute atomic E-state index is 9.79. The summed E-state index contributed by atoms with van der Waals surface area (Å²) in [5.41, 5.74) is 0. The van der Waals surface area contributed by atoms with E-state index >= 15 is 0 Å². The summed E-state index contributed by atoms with van der Waals surface area (Å²) >= 11 is 7.52. The Labute approximate surface area is 112 Å². The largest absolute Gasteiger partial charge is 0.390 e. The van der Waals surface area contributed by atoms with Gasteiger partial charge in [0.25, 0.3) is 0 Å². The molecule has 0 aromatic carbocycles. The number of nitrogens with one attached hydrogen (secondary N) is 1. The Morgan fingerprint density at radius 2 is 2.18 bits per heavy atom. The Bertz CT molecular complexity index is 330. The molecule has 1 aromatic heterocycles. The lowest BCUT2D eigenvalue weighted by Gasteiger charge is -2.20. The molecular formula is C12H21ClN2OS. The van der Waals surface area contributed by atoms with Gasteiger partial charge in [-0.3, -0.25) is 0 Å². The summed E-state index contributed by atoms with van der Waals surface area (Å²) < 4.78 is 0.814. The molecule has 0 bridgehead atoms. The van der Waals surface area contributed by atoms with Crippen LogP contribution in [0.3, 0.4) is 0 Å². The van der Waals surface area contributed by atoms with Gasteiger partial charge < -0.3 is 15.3 Å². The first-order chi connectivity index (χ1) is 8.02. The van der Waals surface area contributed by atoms with Crippen molar-refractivity contribution in [3.63, 3.8) is 0 Å². The number of rotatable bonds is 7. The second-order valence-corrected chi connectivity index (χ2v) is 6.17. The van der Waals surface area contributed by atoms with Crippen molar-refractivity contribution in [2.24, 2.45) is 0 Å². The number of thiophene rings is 1. The van der Waals surface area contributed by atoms with E-state index in [2.05, 4.69) is 12.2 Å². The number of nitrogens with zero attached hydrogens (tertiary/aromatic N) is 1. The topological polar surface area (TPSA) is 35.5 Å². The Morgan fingerprint density at radius 1 is 1.47 bits per heavy atom. The summed E-state index contributed by atoms with van der Waals surface area (Å²) in [6, 6.07) is 4.25. The van der Waals surface area contributed by atoms with Crippen LogP contribution in [0.5, 0.6) is 0 Å². The molecular weight excluding hydrogens is 256 g/mol. The van der Waals surface area contributed by atoms with E-state index in [0.29, 0.717) is 13.1 Å². The summed E-state index contributed by atoms with van der Waals surface area (Å²) in [5, 5.41) is 13.2. The van der Waals surface area contributed by atoms with Crippen molar-refractivity contribution in [3.8, 4) is 0 Å². The van der Waals surface area contributed by atoms with E-state index < -0.39 is 0 Å². The summed E-state index contributed by atoms with van der Waals surface area (Å²) in [4.78, 5) is 3.21. The Hall–Kier alpha value is -0.130. The maximum Gasteiger partial charge on any atom is 0.0931 e. The van der Waals surface area contributed by atoms with Crippen molar-refractivity contribution in [3.05, 3.63) is 21.3 Å². The average molecular weight is 277 g/mol. The van der Waals surface area contributed by atoms with Crippen molar-refractivity contribution >= 4 is 22.9 Å². The van der Waals surface area contributed by atoms with Gasteiger partial charge in [-0.05, 0) is 32.6 Å². The molecule has 2 atom stereocenters. The van der Waals surface area contributed by atoms with Gasteiger partial charge in [-0.2, -0.15) is 0 Å². The monoisotopic (exact) mass is 276 g/mol. The highest BCUT2D eigenvalue weighted by molar-refractivity contribution is 7.16. The van der Waals surface area contributed by atoms with Crippen LogP contribution in [0.25, 0.3) is 0 Å². The molecule has 0 spiro atoms. The fourth-order valence-electron chi connectivity index (χ4n) is 1.73. The van der Waals surface area contributed by atoms with Gasteiger partial charge in [-0.1, -0.05) is 18.5 Å². The molecule has 98 valence electrons. The molecule has 0 saturated heterocycles. The van der Waals surface area contributed by atoms with Crippen molar-refractivity contribution in [2.45, 2.75) is 25.5 Å². The van der Waals surface area contributed by atoms with Gasteiger partial charge in [0.15, 0.2) is 0 Å². The second kappa shape index (κ2) is 7.34. The van der Waals surface area contributed by atoms with Gasteiger partial charge in [0, 0.05) is 24.0 Å². The van der Waals surface area contributed by atoms with Crippen LogP contribution in [0.4, 0.5) is 0 Å². The van der Waals surface area contributed by atoms with E-state index in [1.54, 1.807) is 11.3 Å². The molecule has 0 radical (unpaired) electrons. The van der Waals surface area contributed by atoms with Crippen molar-refractivity contribution < 1.29 is 5.11 Å². The summed E-state index contributed by atoms with van der Waals surface area (Å²) in [6.45, 7) is 3.41. The fraction of sp³-hybridized carbons (Fsp3) is 0.667. The highest BCUT2D eigenvalue weighted by Gasteiger charge is 2.13. The van der Waals surface area contributed by atoms with Crippen LogP contribution >= 0.6 is 22.9 Å². The molecule has 2 unspecified atom stereocenters. The molecule has 0 aliphatic heterocycles. The number of aliphatic hydroxyl groups excluding tert-OH is 1. The Morgan fingerprint density at radius 3 is 2.65 bits per heavy atom. The minimum atomic E-state index is -0.338. The van der Waals surface area contributed by atoms with Crippen LogP contribution in [0.2, 0.25) is 4.34 Å². The van der Waals surface area contributed by atoms with Gasteiger partial charge in [-0.25, -0.2) is 0 Å². The third kappa shape index (κ3) is 5.36. The van der Waals surface area contributed by atoms with Crippen LogP contribution in [0.1, 0.15) is 24.3 Å². The molecule has 1 rings (SSSR count). The second-order valence-electron chi connectivity index (χ2n) is 4.43. The van der Waals surface area contributed by atoms with Gasteiger partial charge in [0.05, 0.1) is 10.4 Å². The standard InChI is InChI=1S/C12H21ClN2OS/c1-4-10(11-5-6-12(13)17-11)14-7-9(16)8-15(2)3/h5-6,9-10,14,16H,4,7-8H2,1-3H3. The molecule has 0 aliphatic rings. The average Bonchev–Trinajstić information content (AvgIpc) is 2.65. The summed E-state index contributed by atoms with van der Waals surface area (Å²) in [5.74, 6) is 0. The first-order valence-electron chi connectivity index (χ1n) is 5.84. The lowest BCUT2D eigenvalue weighted by molar-refractivity contribution is 0.131. The van der Waals surface area contributed by atoms with Crippen LogP contribution in [0.15, 0.2) is 12.1 Å². The van der Waals surface area contributed by atoms with E-state index in [0.717, 1.165) is 10.8 Å². The van der Waals surface area contributed by atoms with Gasteiger partial charge >= 0.3 is 0 Å². The first-order valence-corrected chi connectivity index (χ1v) is 7.03. The smallest absolute Gasteiger partial charge is 0.0931 e. The first kappa shape index (κ1) is 14.9. The Balaban J connectivity index is 2.42. The lowest BCUT2D eigenvalue weighted by Crippen LogP contribution is -2.36. The highest BCUT2D eigenvalue weighted by atomic mass is 35.5. The highest BCUT2D eigenvalue weighted by Crippen LogP contribution is 2.28. The van der Waals surface area contributed by atoms with Crippen LogP contribution < -0.4 is 5.32 Å². The molecule has 2 N–H and O–H groups in total. The van der Waals surface area contributed by atoms with E-state index in [9.17, 15) is 5.11 Å². The Kier molecular flexibility index (Phi) is 6.44. The number of likely N-dealkylation sites (N-methyl/N-ethyl adjacent to an activating group) is 1. The molecule has 1 heterocycles. The van der Waals surface area contributed by atoms with Crippen molar-refractivity contribution in [2.75, 3.05) is 27.2 Å². The predicted octanol–water partition coefficient (Wildman–Crippen LogP) is 2.36. The van der Waals surface area contributed by atoms with Crippen molar-refractivity contribution in [1.82, 2.24) is 10.2 Å². The third-order valence-electron chi connectivity index (χ3n) is 2.52. The number of halogens is 1. The van der Waals surface area contributed by atoms with Crippen LogP contribution in [-0.4, -0.2) is 43.3 Å². The fourth-order valence-corrected chi connectivity index (χ4v) is 2.95. The predicted molar refractivity (Wildman–Crippen MR) is 74.9 cm³/mol. The molecule has 0 saturated carbocycles. The van der Waals surface area contributed by atoms with E-state index in [1.807, 2.05) is 31.1 Å². The zero-order valence-electron chi connectivity index (χ0n) is 10.6. The number of aliphatic hydroxyl groups is 1. The summed E-state index contributed by atoms with van der Waals surface area (Å²) in [6.07, 6.45) is 0.653. The number of hydrogen-bond acceptors (Lipinski definition) is 4. The van der Waals surface area contributed by atoms with E-state index in [-0.39, 0.29) is 12.1 Å². The number of hydrogen-bond donors (Lipinski definition) is 2. The normalized spacial score (nSPS) is 15.2. The lowest BCUT2D eigenvalue weighted by atomic mass is 10.2. The van der Waals surface area contributed by atoms with Crippen LogP contribution in [0, 0.1) is 0 Å². The minimum absolute atomic E-state index is 0.282. The van der Waals surface area contributed by atoms with E-state index in [1.165, 1.54) is 4.88 Å². The molecule has 5 heteroatoms.